The molecule has 3 rings (SSSR count). The third-order valence-corrected chi connectivity index (χ3v) is 3.82. The number of imidazole rings is 1. The van der Waals surface area contributed by atoms with E-state index in [-0.39, 0.29) is 5.82 Å². The van der Waals surface area contributed by atoms with Crippen molar-refractivity contribution < 1.29 is 4.39 Å². The van der Waals surface area contributed by atoms with E-state index in [1.165, 1.54) is 6.07 Å². The minimum Gasteiger partial charge on any atom is -0.330 e. The number of aromatic nitrogens is 4. The second kappa shape index (κ2) is 4.56. The molecule has 0 saturated carbocycles. The van der Waals surface area contributed by atoms with Gasteiger partial charge < -0.3 is 9.55 Å². The molecule has 0 unspecified atom stereocenters. The first-order valence-electron chi connectivity index (χ1n) is 6.33. The number of aromatic amines is 1. The zero-order valence-electron chi connectivity index (χ0n) is 11.6. The Morgan fingerprint density at radius 2 is 2.10 bits per heavy atom. The number of benzene rings is 1. The van der Waals surface area contributed by atoms with Crippen LogP contribution in [0, 0.1) is 24.4 Å². The zero-order valence-corrected chi connectivity index (χ0v) is 12.4. The molecule has 0 aliphatic heterocycles. The molecule has 0 aliphatic carbocycles. The monoisotopic (exact) mass is 290 g/mol. The first kappa shape index (κ1) is 13.1. The van der Waals surface area contributed by atoms with Crippen molar-refractivity contribution in [2.24, 2.45) is 7.05 Å². The summed E-state index contributed by atoms with van der Waals surface area (Å²) in [5.41, 5.74) is 4.33. The summed E-state index contributed by atoms with van der Waals surface area (Å²) in [6.07, 6.45) is 1.98. The minimum atomic E-state index is -0.224. The van der Waals surface area contributed by atoms with Gasteiger partial charge in [0, 0.05) is 18.8 Å². The number of fused-ring (bicyclic) bond motifs is 1. The van der Waals surface area contributed by atoms with E-state index in [1.54, 1.807) is 11.6 Å². The van der Waals surface area contributed by atoms with Gasteiger partial charge in [-0.3, -0.25) is 4.68 Å². The van der Waals surface area contributed by atoms with Crippen molar-refractivity contribution in [2.45, 2.75) is 20.4 Å². The van der Waals surface area contributed by atoms with Gasteiger partial charge in [-0.05, 0) is 43.8 Å². The Labute approximate surface area is 120 Å². The lowest BCUT2D eigenvalue weighted by atomic mass is 10.2. The number of nitrogens with one attached hydrogen (secondary N) is 1. The van der Waals surface area contributed by atoms with Gasteiger partial charge in [0.05, 0.1) is 23.3 Å². The van der Waals surface area contributed by atoms with Gasteiger partial charge in [0.15, 0.2) is 4.77 Å². The lowest BCUT2D eigenvalue weighted by Crippen LogP contribution is -2.00. The number of hydrogen-bond donors (Lipinski definition) is 1. The molecule has 0 fully saturated rings. The standard InChI is InChI=1S/C14H15FN4S/c1-8-4-13-12(5-11(8)15)16-14(20)19(13)7-10-6-18(3)17-9(10)2/h4-6H,7H2,1-3H3,(H,16,20). The highest BCUT2D eigenvalue weighted by molar-refractivity contribution is 7.71. The molecule has 0 aliphatic rings. The third kappa shape index (κ3) is 2.06. The Bertz CT molecular complexity index is 856. The number of rotatable bonds is 2. The van der Waals surface area contributed by atoms with Crippen LogP contribution in [0.3, 0.4) is 0 Å². The molecule has 1 N–H and O–H groups in total. The van der Waals surface area contributed by atoms with Gasteiger partial charge in [-0.25, -0.2) is 4.39 Å². The van der Waals surface area contributed by atoms with Crippen LogP contribution >= 0.6 is 12.2 Å². The van der Waals surface area contributed by atoms with E-state index >= 15 is 0 Å². The van der Waals surface area contributed by atoms with Gasteiger partial charge in [0.25, 0.3) is 0 Å². The molecule has 1 aromatic carbocycles. The average Bonchev–Trinajstić information content (AvgIpc) is 2.83. The second-order valence-corrected chi connectivity index (χ2v) is 5.43. The highest BCUT2D eigenvalue weighted by Gasteiger charge is 2.11. The summed E-state index contributed by atoms with van der Waals surface area (Å²) < 4.78 is 18.0. The van der Waals surface area contributed by atoms with Gasteiger partial charge in [-0.15, -0.1) is 0 Å². The molecule has 20 heavy (non-hydrogen) atoms. The first-order valence-corrected chi connectivity index (χ1v) is 6.74. The van der Waals surface area contributed by atoms with Crippen LogP contribution in [-0.4, -0.2) is 19.3 Å². The van der Waals surface area contributed by atoms with Crippen molar-refractivity contribution in [3.05, 3.63) is 45.7 Å². The molecule has 2 aromatic heterocycles. The number of H-pyrrole nitrogens is 1. The normalized spacial score (nSPS) is 11.4. The van der Waals surface area contributed by atoms with Gasteiger partial charge >= 0.3 is 0 Å². The Hall–Kier alpha value is -1.95. The van der Waals surface area contributed by atoms with E-state index in [9.17, 15) is 4.39 Å². The van der Waals surface area contributed by atoms with Gasteiger partial charge in [-0.1, -0.05) is 0 Å². The van der Waals surface area contributed by atoms with Crippen LogP contribution in [-0.2, 0) is 13.6 Å². The fraction of sp³-hybridized carbons (Fsp3) is 0.286. The molecule has 2 heterocycles. The highest BCUT2D eigenvalue weighted by Crippen LogP contribution is 2.20. The van der Waals surface area contributed by atoms with E-state index in [4.69, 9.17) is 12.2 Å². The maximum Gasteiger partial charge on any atom is 0.178 e. The van der Waals surface area contributed by atoms with Crippen LogP contribution in [0.25, 0.3) is 11.0 Å². The van der Waals surface area contributed by atoms with Gasteiger partial charge in [0.2, 0.25) is 0 Å². The van der Waals surface area contributed by atoms with Crippen molar-refractivity contribution >= 4 is 23.3 Å². The fourth-order valence-electron chi connectivity index (χ4n) is 2.41. The lowest BCUT2D eigenvalue weighted by Gasteiger charge is -2.04. The SMILES string of the molecule is Cc1cc2c(cc1F)[nH]c(=S)n2Cc1cn(C)nc1C. The van der Waals surface area contributed by atoms with Crippen molar-refractivity contribution in [2.75, 3.05) is 0 Å². The molecule has 0 atom stereocenters. The molecular weight excluding hydrogens is 275 g/mol. The van der Waals surface area contributed by atoms with E-state index in [0.29, 0.717) is 16.9 Å². The van der Waals surface area contributed by atoms with Crippen LogP contribution in [0.15, 0.2) is 18.3 Å². The van der Waals surface area contributed by atoms with Crippen LogP contribution < -0.4 is 0 Å². The Kier molecular flexibility index (Phi) is 2.97. The van der Waals surface area contributed by atoms with Gasteiger partial charge in [-0.2, -0.15) is 5.10 Å². The largest absolute Gasteiger partial charge is 0.330 e. The molecule has 0 radical (unpaired) electrons. The summed E-state index contributed by atoms with van der Waals surface area (Å²) in [6.45, 7) is 4.35. The molecule has 6 heteroatoms. The smallest absolute Gasteiger partial charge is 0.178 e. The molecule has 104 valence electrons. The van der Waals surface area contributed by atoms with Crippen molar-refractivity contribution in [1.29, 1.82) is 0 Å². The Morgan fingerprint density at radius 3 is 2.75 bits per heavy atom. The van der Waals surface area contributed by atoms with Gasteiger partial charge in [0.1, 0.15) is 5.82 Å². The van der Waals surface area contributed by atoms with E-state index in [0.717, 1.165) is 22.3 Å². The predicted molar refractivity (Wildman–Crippen MR) is 78.9 cm³/mol. The van der Waals surface area contributed by atoms with E-state index < -0.39 is 0 Å². The summed E-state index contributed by atoms with van der Waals surface area (Å²) in [6, 6.07) is 3.32. The predicted octanol–water partition coefficient (Wildman–Crippen LogP) is 3.24. The molecule has 0 spiro atoms. The summed E-state index contributed by atoms with van der Waals surface area (Å²) in [5.74, 6) is -0.224. The van der Waals surface area contributed by atoms with Crippen LogP contribution in [0.4, 0.5) is 4.39 Å². The molecule has 4 nitrogen and oxygen atoms in total. The molecule has 0 amide bonds. The van der Waals surface area contributed by atoms with Crippen LogP contribution in [0.5, 0.6) is 0 Å². The summed E-state index contributed by atoms with van der Waals surface area (Å²) in [5, 5.41) is 4.33. The van der Waals surface area contributed by atoms with E-state index in [2.05, 4.69) is 10.1 Å². The quantitative estimate of drug-likeness (QED) is 0.736. The first-order chi connectivity index (χ1) is 9.45. The van der Waals surface area contributed by atoms with Crippen molar-refractivity contribution in [3.8, 4) is 0 Å². The Morgan fingerprint density at radius 1 is 1.35 bits per heavy atom. The zero-order chi connectivity index (χ0) is 14.4. The number of halogens is 1. The molecular formula is C14H15FN4S. The highest BCUT2D eigenvalue weighted by atomic mass is 32.1. The molecule has 0 saturated heterocycles. The number of hydrogen-bond acceptors (Lipinski definition) is 2. The Balaban J connectivity index is 2.16. The van der Waals surface area contributed by atoms with Crippen molar-refractivity contribution in [1.82, 2.24) is 19.3 Å². The summed E-state index contributed by atoms with van der Waals surface area (Å²) in [4.78, 5) is 3.05. The molecule has 3 aromatic rings. The second-order valence-electron chi connectivity index (χ2n) is 5.05. The fourth-order valence-corrected chi connectivity index (χ4v) is 2.69. The van der Waals surface area contributed by atoms with E-state index in [1.807, 2.05) is 30.8 Å². The maximum absolute atomic E-state index is 13.6. The summed E-state index contributed by atoms with van der Waals surface area (Å²) in [7, 11) is 1.89. The van der Waals surface area contributed by atoms with Crippen molar-refractivity contribution in [3.63, 3.8) is 0 Å². The topological polar surface area (TPSA) is 38.5 Å². The number of nitrogens with zero attached hydrogens (tertiary/aromatic N) is 3. The third-order valence-electron chi connectivity index (χ3n) is 3.50. The lowest BCUT2D eigenvalue weighted by molar-refractivity contribution is 0.620. The maximum atomic E-state index is 13.6. The number of aryl methyl sites for hydroxylation is 3. The average molecular weight is 290 g/mol. The molecule has 0 bridgehead atoms. The summed E-state index contributed by atoms with van der Waals surface area (Å²) >= 11 is 5.35. The van der Waals surface area contributed by atoms with Crippen LogP contribution in [0.1, 0.15) is 16.8 Å². The van der Waals surface area contributed by atoms with Crippen LogP contribution in [0.2, 0.25) is 0 Å². The minimum absolute atomic E-state index is 0.224.